The van der Waals surface area contributed by atoms with Gasteiger partial charge in [-0.3, -0.25) is 4.79 Å². The minimum absolute atomic E-state index is 0.0928. The molecule has 2 aromatic carbocycles. The van der Waals surface area contributed by atoms with Crippen LogP contribution in [0, 0.1) is 0 Å². The molecule has 1 amide bonds. The first-order chi connectivity index (χ1) is 14.6. The molecule has 4 rings (SSSR count). The van der Waals surface area contributed by atoms with E-state index in [4.69, 9.17) is 26.1 Å². The van der Waals surface area contributed by atoms with Crippen molar-refractivity contribution >= 4 is 45.9 Å². The molecular formula is C23H23ClN2O3S. The van der Waals surface area contributed by atoms with E-state index < -0.39 is 0 Å². The fourth-order valence-electron chi connectivity index (χ4n) is 3.83. The molecule has 1 heterocycles. The Kier molecular flexibility index (Phi) is 6.35. The summed E-state index contributed by atoms with van der Waals surface area (Å²) >= 11 is 7.67. The molecule has 1 aliphatic carbocycles. The summed E-state index contributed by atoms with van der Waals surface area (Å²) in [6, 6.07) is 11.2. The van der Waals surface area contributed by atoms with E-state index in [1.165, 1.54) is 34.7 Å². The summed E-state index contributed by atoms with van der Waals surface area (Å²) in [5, 5.41) is 5.70. The van der Waals surface area contributed by atoms with E-state index in [9.17, 15) is 4.79 Å². The maximum absolute atomic E-state index is 12.6. The highest BCUT2D eigenvalue weighted by Crippen LogP contribution is 2.35. The molecule has 0 aliphatic heterocycles. The first-order valence-corrected chi connectivity index (χ1v) is 11.2. The number of thioether (sulfide) groups is 1. The second-order valence-corrected chi connectivity index (χ2v) is 8.55. The average Bonchev–Trinajstić information content (AvgIpc) is 2.77. The molecule has 0 saturated carbocycles. The van der Waals surface area contributed by atoms with Crippen LogP contribution in [-0.4, -0.2) is 30.9 Å². The van der Waals surface area contributed by atoms with E-state index in [1.54, 1.807) is 32.4 Å². The van der Waals surface area contributed by atoms with Gasteiger partial charge < -0.3 is 14.8 Å². The summed E-state index contributed by atoms with van der Waals surface area (Å²) in [5.74, 6) is 1.38. The lowest BCUT2D eigenvalue weighted by molar-refractivity contribution is -0.113. The van der Waals surface area contributed by atoms with Crippen LogP contribution in [0.4, 0.5) is 5.69 Å². The number of hydrogen-bond donors (Lipinski definition) is 1. The summed E-state index contributed by atoms with van der Waals surface area (Å²) in [6.45, 7) is 0. The number of aromatic nitrogens is 1. The van der Waals surface area contributed by atoms with Crippen LogP contribution >= 0.6 is 23.4 Å². The zero-order valence-corrected chi connectivity index (χ0v) is 18.5. The van der Waals surface area contributed by atoms with Crippen molar-refractivity contribution in [3.8, 4) is 11.5 Å². The van der Waals surface area contributed by atoms with Gasteiger partial charge in [-0.25, -0.2) is 4.98 Å². The third kappa shape index (κ3) is 4.35. The number of nitrogens with zero attached hydrogens (tertiary/aromatic N) is 1. The minimum atomic E-state index is -0.0928. The number of benzene rings is 2. The van der Waals surface area contributed by atoms with Crippen LogP contribution in [0.3, 0.4) is 0 Å². The lowest BCUT2D eigenvalue weighted by atomic mass is 9.90. The van der Waals surface area contributed by atoms with E-state index in [0.717, 1.165) is 29.8 Å². The fourth-order valence-corrected chi connectivity index (χ4v) is 4.90. The number of pyridine rings is 1. The summed E-state index contributed by atoms with van der Waals surface area (Å²) in [7, 11) is 3.15. The van der Waals surface area contributed by atoms with Gasteiger partial charge in [0.25, 0.3) is 0 Å². The molecule has 0 unspecified atom stereocenters. The van der Waals surface area contributed by atoms with Gasteiger partial charge in [0.15, 0.2) is 11.5 Å². The lowest BCUT2D eigenvalue weighted by Crippen LogP contribution is -2.15. The number of hydrogen-bond acceptors (Lipinski definition) is 5. The highest BCUT2D eigenvalue weighted by molar-refractivity contribution is 8.00. The SMILES string of the molecule is COc1ccc(NC(=O)CSc2nc3cc(Cl)ccc3c3c2CCCC3)cc1OC. The Bertz CT molecular complexity index is 1100. The Labute approximate surface area is 185 Å². The van der Waals surface area contributed by atoms with Gasteiger partial charge in [0, 0.05) is 22.2 Å². The fraction of sp³-hybridized carbons (Fsp3) is 0.304. The molecule has 1 aliphatic rings. The molecule has 3 aromatic rings. The van der Waals surface area contributed by atoms with Crippen LogP contribution in [-0.2, 0) is 17.6 Å². The van der Waals surface area contributed by atoms with E-state index >= 15 is 0 Å². The summed E-state index contributed by atoms with van der Waals surface area (Å²) in [5.41, 5.74) is 4.19. The van der Waals surface area contributed by atoms with Crippen molar-refractivity contribution in [2.24, 2.45) is 0 Å². The number of amides is 1. The van der Waals surface area contributed by atoms with Crippen LogP contribution in [0.1, 0.15) is 24.0 Å². The first kappa shape index (κ1) is 20.8. The zero-order valence-electron chi connectivity index (χ0n) is 17.0. The van der Waals surface area contributed by atoms with E-state index in [2.05, 4.69) is 11.4 Å². The third-order valence-corrected chi connectivity index (χ3v) is 6.49. The topological polar surface area (TPSA) is 60.5 Å². The summed E-state index contributed by atoms with van der Waals surface area (Å²) in [4.78, 5) is 17.4. The van der Waals surface area contributed by atoms with Gasteiger partial charge >= 0.3 is 0 Å². The van der Waals surface area contributed by atoms with Gasteiger partial charge in [0.1, 0.15) is 5.03 Å². The van der Waals surface area contributed by atoms with Crippen molar-refractivity contribution in [3.05, 3.63) is 52.5 Å². The van der Waals surface area contributed by atoms with Crippen LogP contribution in [0.15, 0.2) is 41.4 Å². The van der Waals surface area contributed by atoms with E-state index in [-0.39, 0.29) is 11.7 Å². The minimum Gasteiger partial charge on any atom is -0.493 e. The second-order valence-electron chi connectivity index (χ2n) is 7.15. The molecule has 1 aromatic heterocycles. The number of carbonyl (C=O) groups excluding carboxylic acids is 1. The monoisotopic (exact) mass is 442 g/mol. The zero-order chi connectivity index (χ0) is 21.1. The van der Waals surface area contributed by atoms with Crippen molar-refractivity contribution in [1.29, 1.82) is 0 Å². The molecule has 0 atom stereocenters. The number of ether oxygens (including phenoxy) is 2. The third-order valence-electron chi connectivity index (χ3n) is 5.24. The van der Waals surface area contributed by atoms with Crippen LogP contribution < -0.4 is 14.8 Å². The summed E-state index contributed by atoms with van der Waals surface area (Å²) in [6.07, 6.45) is 4.37. The molecule has 30 heavy (non-hydrogen) atoms. The van der Waals surface area contributed by atoms with Crippen LogP contribution in [0.25, 0.3) is 10.9 Å². The number of aryl methyl sites for hydroxylation is 1. The second kappa shape index (κ2) is 9.14. The Morgan fingerprint density at radius 1 is 1.07 bits per heavy atom. The van der Waals surface area contributed by atoms with Crippen molar-refractivity contribution in [1.82, 2.24) is 4.98 Å². The number of fused-ring (bicyclic) bond motifs is 3. The highest BCUT2D eigenvalue weighted by atomic mass is 35.5. The Hall–Kier alpha value is -2.44. The molecule has 0 saturated heterocycles. The number of anilines is 1. The lowest BCUT2D eigenvalue weighted by Gasteiger charge is -2.21. The molecule has 0 spiro atoms. The predicted molar refractivity (Wildman–Crippen MR) is 122 cm³/mol. The number of halogens is 1. The van der Waals surface area contributed by atoms with Crippen molar-refractivity contribution in [2.45, 2.75) is 30.7 Å². The predicted octanol–water partition coefficient (Wildman–Crippen LogP) is 5.52. The Morgan fingerprint density at radius 2 is 1.83 bits per heavy atom. The Balaban J connectivity index is 1.53. The number of nitrogens with one attached hydrogen (secondary N) is 1. The maximum atomic E-state index is 12.6. The first-order valence-electron chi connectivity index (χ1n) is 9.84. The average molecular weight is 443 g/mol. The van der Waals surface area contributed by atoms with Gasteiger partial charge in [-0.05, 0) is 61.1 Å². The van der Waals surface area contributed by atoms with Crippen molar-refractivity contribution in [2.75, 3.05) is 25.3 Å². The van der Waals surface area contributed by atoms with Gasteiger partial charge in [0.05, 0.1) is 25.5 Å². The van der Waals surface area contributed by atoms with Crippen molar-refractivity contribution < 1.29 is 14.3 Å². The normalized spacial score (nSPS) is 13.0. The quantitative estimate of drug-likeness (QED) is 0.509. The van der Waals surface area contributed by atoms with Gasteiger partial charge in [-0.15, -0.1) is 0 Å². The molecule has 1 N–H and O–H groups in total. The molecule has 0 radical (unpaired) electrons. The highest BCUT2D eigenvalue weighted by Gasteiger charge is 2.19. The van der Waals surface area contributed by atoms with E-state index in [1.807, 2.05) is 12.1 Å². The maximum Gasteiger partial charge on any atom is 0.234 e. The molecule has 7 heteroatoms. The Morgan fingerprint density at radius 3 is 2.60 bits per heavy atom. The molecular weight excluding hydrogens is 420 g/mol. The molecule has 156 valence electrons. The van der Waals surface area contributed by atoms with E-state index in [0.29, 0.717) is 22.2 Å². The number of rotatable bonds is 6. The standard InChI is InChI=1S/C23H23ClN2O3S/c1-28-20-10-8-15(12-21(20)29-2)25-22(27)13-30-23-18-6-4-3-5-16(18)17-9-7-14(24)11-19(17)26-23/h7-12H,3-6,13H2,1-2H3,(H,25,27). The largest absolute Gasteiger partial charge is 0.493 e. The molecule has 5 nitrogen and oxygen atoms in total. The molecule has 0 bridgehead atoms. The smallest absolute Gasteiger partial charge is 0.234 e. The van der Waals surface area contributed by atoms with Crippen LogP contribution in [0.5, 0.6) is 11.5 Å². The van der Waals surface area contributed by atoms with Gasteiger partial charge in [-0.2, -0.15) is 0 Å². The number of methoxy groups -OCH3 is 2. The molecule has 0 fully saturated rings. The summed E-state index contributed by atoms with van der Waals surface area (Å²) < 4.78 is 10.5. The van der Waals surface area contributed by atoms with Gasteiger partial charge in [-0.1, -0.05) is 29.4 Å². The number of carbonyl (C=O) groups is 1. The van der Waals surface area contributed by atoms with Gasteiger partial charge in [0.2, 0.25) is 5.91 Å². The van der Waals surface area contributed by atoms with Crippen molar-refractivity contribution in [3.63, 3.8) is 0 Å². The van der Waals surface area contributed by atoms with Crippen LogP contribution in [0.2, 0.25) is 5.02 Å².